The van der Waals surface area contributed by atoms with Crippen LogP contribution in [0.5, 0.6) is 0 Å². The molecule has 3 aliphatic rings. The standard InChI is InChI=1S/C45H40N2/c1-29-12-9-17-35(26-29)46-41-25-22-30(2)27-39(41)44-36(19-11-21-42(44)46)32-13-10-14-33(28-32)43-31(3)23-24-38-37-18-7-8-20-40(37)47(45(38)43)34-15-5-4-6-16-34/h4-22,25,27-29,31,38H,23-24,26H2,1-3H3. The van der Waals surface area contributed by atoms with Crippen LogP contribution >= 0.6 is 0 Å². The van der Waals surface area contributed by atoms with E-state index >= 15 is 0 Å². The first-order chi connectivity index (χ1) is 23.1. The predicted octanol–water partition coefficient (Wildman–Crippen LogP) is 12.3. The van der Waals surface area contributed by atoms with Crippen molar-refractivity contribution in [2.75, 3.05) is 4.90 Å². The summed E-state index contributed by atoms with van der Waals surface area (Å²) >= 11 is 0. The maximum Gasteiger partial charge on any atom is 0.0544 e. The van der Waals surface area contributed by atoms with Gasteiger partial charge in [-0.1, -0.05) is 104 Å². The van der Waals surface area contributed by atoms with Crippen LogP contribution in [-0.2, 0) is 0 Å². The van der Waals surface area contributed by atoms with Gasteiger partial charge in [0.1, 0.15) is 0 Å². The van der Waals surface area contributed by atoms with Crippen LogP contribution in [0.4, 0.5) is 11.4 Å². The molecule has 3 unspecified atom stereocenters. The number of benzene rings is 5. The summed E-state index contributed by atoms with van der Waals surface area (Å²) in [6.07, 6.45) is 10.3. The average Bonchev–Trinajstić information content (AvgIpc) is 3.61. The molecule has 2 aliphatic carbocycles. The predicted molar refractivity (Wildman–Crippen MR) is 200 cm³/mol. The van der Waals surface area contributed by atoms with E-state index in [1.165, 1.54) is 90.8 Å². The normalized spacial score (nSPS) is 20.5. The summed E-state index contributed by atoms with van der Waals surface area (Å²) in [7, 11) is 0. The van der Waals surface area contributed by atoms with Gasteiger partial charge >= 0.3 is 0 Å². The molecule has 5 aromatic carbocycles. The third kappa shape index (κ3) is 4.46. The summed E-state index contributed by atoms with van der Waals surface area (Å²) in [6.45, 7) is 6.96. The van der Waals surface area contributed by atoms with Crippen molar-refractivity contribution < 1.29 is 0 Å². The molecule has 0 N–H and O–H groups in total. The molecule has 47 heavy (non-hydrogen) atoms. The summed E-state index contributed by atoms with van der Waals surface area (Å²) < 4.78 is 2.52. The zero-order valence-electron chi connectivity index (χ0n) is 27.4. The molecule has 2 heterocycles. The van der Waals surface area contributed by atoms with Crippen molar-refractivity contribution in [3.63, 3.8) is 0 Å². The first-order valence-corrected chi connectivity index (χ1v) is 17.3. The zero-order chi connectivity index (χ0) is 31.6. The molecular weight excluding hydrogens is 569 g/mol. The molecule has 230 valence electrons. The van der Waals surface area contributed by atoms with Crippen LogP contribution in [0, 0.1) is 18.8 Å². The van der Waals surface area contributed by atoms with E-state index in [9.17, 15) is 0 Å². The summed E-state index contributed by atoms with van der Waals surface area (Å²) in [4.78, 5) is 2.56. The number of hydrogen-bond acceptors (Lipinski definition) is 1. The molecule has 0 saturated heterocycles. The molecule has 0 saturated carbocycles. The Morgan fingerprint density at radius 3 is 2.38 bits per heavy atom. The van der Waals surface area contributed by atoms with Gasteiger partial charge in [-0.2, -0.15) is 0 Å². The van der Waals surface area contributed by atoms with E-state index in [4.69, 9.17) is 0 Å². The highest BCUT2D eigenvalue weighted by Gasteiger charge is 2.40. The minimum absolute atomic E-state index is 0.408. The number of fused-ring (bicyclic) bond motifs is 6. The molecule has 0 radical (unpaired) electrons. The van der Waals surface area contributed by atoms with Gasteiger partial charge < -0.3 is 9.47 Å². The second kappa shape index (κ2) is 11.0. The number of anilines is 2. The molecule has 1 aliphatic heterocycles. The lowest BCUT2D eigenvalue weighted by Gasteiger charge is -2.34. The Morgan fingerprint density at radius 2 is 1.51 bits per heavy atom. The van der Waals surface area contributed by atoms with Crippen LogP contribution in [0.25, 0.3) is 44.2 Å². The summed E-state index contributed by atoms with van der Waals surface area (Å²) in [5.74, 6) is 1.40. The molecule has 2 heteroatoms. The molecule has 0 bridgehead atoms. The lowest BCUT2D eigenvalue weighted by Crippen LogP contribution is -2.22. The number of aromatic nitrogens is 1. The summed E-state index contributed by atoms with van der Waals surface area (Å²) in [6, 6.07) is 43.3. The molecule has 1 aromatic heterocycles. The van der Waals surface area contributed by atoms with Crippen molar-refractivity contribution in [3.05, 3.63) is 156 Å². The van der Waals surface area contributed by atoms with Gasteiger partial charge in [-0.3, -0.25) is 0 Å². The number of hydrogen-bond donors (Lipinski definition) is 0. The second-order valence-corrected chi connectivity index (χ2v) is 13.9. The van der Waals surface area contributed by atoms with E-state index in [1.54, 1.807) is 0 Å². The third-order valence-electron chi connectivity index (χ3n) is 10.8. The molecule has 0 fully saturated rings. The number of aryl methyl sites for hydroxylation is 1. The Morgan fingerprint density at radius 1 is 0.702 bits per heavy atom. The molecule has 2 nitrogen and oxygen atoms in total. The quantitative estimate of drug-likeness (QED) is 0.193. The third-order valence-corrected chi connectivity index (χ3v) is 10.8. The molecular formula is C45H40N2. The number of para-hydroxylation sites is 2. The van der Waals surface area contributed by atoms with Crippen molar-refractivity contribution in [2.45, 2.75) is 46.0 Å². The largest absolute Gasteiger partial charge is 0.313 e. The van der Waals surface area contributed by atoms with Crippen LogP contribution < -0.4 is 4.90 Å². The van der Waals surface area contributed by atoms with Gasteiger partial charge in [-0.15, -0.1) is 0 Å². The Hall–Kier alpha value is -5.08. The fraction of sp³-hybridized carbons (Fsp3) is 0.200. The maximum atomic E-state index is 2.56. The van der Waals surface area contributed by atoms with Crippen LogP contribution in [0.3, 0.4) is 0 Å². The van der Waals surface area contributed by atoms with E-state index in [0.29, 0.717) is 17.8 Å². The van der Waals surface area contributed by atoms with Gasteiger partial charge in [0, 0.05) is 39.5 Å². The molecule has 3 atom stereocenters. The molecule has 6 aromatic rings. The maximum absolute atomic E-state index is 2.56. The number of nitrogens with zero attached hydrogens (tertiary/aromatic N) is 2. The highest BCUT2D eigenvalue weighted by atomic mass is 15.2. The fourth-order valence-corrected chi connectivity index (χ4v) is 8.70. The zero-order valence-corrected chi connectivity index (χ0v) is 27.4. The Balaban J connectivity index is 1.26. The van der Waals surface area contributed by atoms with Crippen LogP contribution in [0.15, 0.2) is 139 Å². The highest BCUT2D eigenvalue weighted by Crippen LogP contribution is 2.56. The first kappa shape index (κ1) is 28.2. The number of allylic oxidation sites excluding steroid dienone is 6. The van der Waals surface area contributed by atoms with Crippen molar-refractivity contribution in [1.29, 1.82) is 0 Å². The van der Waals surface area contributed by atoms with E-state index in [2.05, 4.69) is 164 Å². The first-order valence-electron chi connectivity index (χ1n) is 17.3. The summed E-state index contributed by atoms with van der Waals surface area (Å²) in [5.41, 5.74) is 16.2. The Bertz CT molecular complexity index is 2280. The van der Waals surface area contributed by atoms with Crippen LogP contribution in [-0.4, -0.2) is 4.57 Å². The average molecular weight is 609 g/mol. The van der Waals surface area contributed by atoms with E-state index in [-0.39, 0.29) is 0 Å². The SMILES string of the molecule is Cc1ccc2c(c1)c1c(-c3cccc(C4=C5C(CCC4C)c4ccccc4N5c4ccccc4)c3)cccc1n2C1=CC=CC(C)C1. The lowest BCUT2D eigenvalue weighted by molar-refractivity contribution is 0.547. The van der Waals surface area contributed by atoms with Gasteiger partial charge in [-0.05, 0) is 114 Å². The monoisotopic (exact) mass is 608 g/mol. The second-order valence-electron chi connectivity index (χ2n) is 13.9. The minimum Gasteiger partial charge on any atom is -0.313 e. The van der Waals surface area contributed by atoms with Crippen molar-refractivity contribution in [3.8, 4) is 11.1 Å². The van der Waals surface area contributed by atoms with Gasteiger partial charge in [0.15, 0.2) is 0 Å². The Labute approximate surface area is 278 Å². The molecule has 0 spiro atoms. The number of rotatable bonds is 4. The van der Waals surface area contributed by atoms with Gasteiger partial charge in [0.2, 0.25) is 0 Å². The minimum atomic E-state index is 0.408. The molecule has 0 amide bonds. The topological polar surface area (TPSA) is 8.17 Å². The Kier molecular flexibility index (Phi) is 6.61. The van der Waals surface area contributed by atoms with Gasteiger partial charge in [-0.25, -0.2) is 0 Å². The van der Waals surface area contributed by atoms with Crippen molar-refractivity contribution >= 4 is 44.5 Å². The van der Waals surface area contributed by atoms with Crippen molar-refractivity contribution in [2.24, 2.45) is 11.8 Å². The van der Waals surface area contributed by atoms with Crippen LogP contribution in [0.1, 0.15) is 55.7 Å². The van der Waals surface area contributed by atoms with Crippen molar-refractivity contribution in [1.82, 2.24) is 4.57 Å². The van der Waals surface area contributed by atoms with Gasteiger partial charge in [0.25, 0.3) is 0 Å². The van der Waals surface area contributed by atoms with E-state index < -0.39 is 0 Å². The summed E-state index contributed by atoms with van der Waals surface area (Å²) in [5, 5.41) is 2.68. The molecule has 9 rings (SSSR count). The fourth-order valence-electron chi connectivity index (χ4n) is 8.70. The smallest absolute Gasteiger partial charge is 0.0544 e. The lowest BCUT2D eigenvalue weighted by atomic mass is 9.76. The van der Waals surface area contributed by atoms with Gasteiger partial charge in [0.05, 0.1) is 11.0 Å². The van der Waals surface area contributed by atoms with Crippen LogP contribution in [0.2, 0.25) is 0 Å². The van der Waals surface area contributed by atoms with E-state index in [1.807, 2.05) is 0 Å². The van der Waals surface area contributed by atoms with E-state index in [0.717, 1.165) is 6.42 Å². The highest BCUT2D eigenvalue weighted by molar-refractivity contribution is 6.16.